The first-order chi connectivity index (χ1) is 4.60. The van der Waals surface area contributed by atoms with Crippen molar-refractivity contribution in [1.82, 2.24) is 0 Å². The molecule has 2 aliphatic rings. The van der Waals surface area contributed by atoms with Crippen LogP contribution in [0.4, 0.5) is 0 Å². The lowest BCUT2D eigenvalue weighted by atomic mass is 10.3. The quantitative estimate of drug-likeness (QED) is 0.515. The first-order valence-corrected chi connectivity index (χ1v) is 5.38. The second-order valence-electron chi connectivity index (χ2n) is 3.31. The molecule has 1 aliphatic heterocycles. The highest BCUT2D eigenvalue weighted by atomic mass is 32.2. The molecule has 58 valence electrons. The monoisotopic (exact) mass is 161 g/mol. The minimum Gasteiger partial charge on any atom is -0.327 e. The van der Waals surface area contributed by atoms with E-state index in [4.69, 9.17) is 5.73 Å². The fraction of sp³-hybridized carbons (Fsp3) is 1.00. The Balaban J connectivity index is 2.16. The van der Waals surface area contributed by atoms with Gasteiger partial charge in [0, 0.05) is 6.04 Å². The Morgan fingerprint density at radius 3 is 2.50 bits per heavy atom. The highest BCUT2D eigenvalue weighted by Gasteiger charge is 2.52. The Bertz CT molecular complexity index is 246. The smallest absolute Gasteiger partial charge is 0.150 e. The minimum atomic E-state index is -2.70. The zero-order chi connectivity index (χ0) is 7.35. The van der Waals surface area contributed by atoms with Crippen LogP contribution in [0.2, 0.25) is 0 Å². The predicted octanol–water partition coefficient (Wildman–Crippen LogP) is -0.622. The van der Waals surface area contributed by atoms with Crippen molar-refractivity contribution in [3.63, 3.8) is 0 Å². The van der Waals surface area contributed by atoms with E-state index in [1.165, 1.54) is 0 Å². The van der Waals surface area contributed by atoms with Gasteiger partial charge in [-0.15, -0.1) is 0 Å². The molecule has 3 unspecified atom stereocenters. The molecule has 1 saturated heterocycles. The van der Waals surface area contributed by atoms with E-state index in [9.17, 15) is 8.42 Å². The van der Waals surface area contributed by atoms with E-state index in [0.29, 0.717) is 23.3 Å². The molecule has 0 aromatic rings. The number of sulfone groups is 1. The van der Waals surface area contributed by atoms with Gasteiger partial charge < -0.3 is 5.73 Å². The molecule has 1 heterocycles. The van der Waals surface area contributed by atoms with Crippen LogP contribution in [0.3, 0.4) is 0 Å². The van der Waals surface area contributed by atoms with Gasteiger partial charge in [-0.2, -0.15) is 0 Å². The minimum absolute atomic E-state index is 0.192. The van der Waals surface area contributed by atoms with Crippen molar-refractivity contribution >= 4 is 9.84 Å². The molecule has 0 spiro atoms. The second kappa shape index (κ2) is 1.74. The Hall–Kier alpha value is -0.0900. The summed E-state index contributed by atoms with van der Waals surface area (Å²) in [5, 5.41) is 0. The average Bonchev–Trinajstić information content (AvgIpc) is 2.40. The molecule has 1 saturated carbocycles. The predicted molar refractivity (Wildman–Crippen MR) is 38.2 cm³/mol. The van der Waals surface area contributed by atoms with Crippen LogP contribution in [-0.2, 0) is 9.84 Å². The van der Waals surface area contributed by atoms with Gasteiger partial charge >= 0.3 is 0 Å². The average molecular weight is 161 g/mol. The van der Waals surface area contributed by atoms with Crippen molar-refractivity contribution in [3.8, 4) is 0 Å². The van der Waals surface area contributed by atoms with E-state index in [1.54, 1.807) is 0 Å². The van der Waals surface area contributed by atoms with Gasteiger partial charge in [-0.3, -0.25) is 0 Å². The number of rotatable bonds is 0. The van der Waals surface area contributed by atoms with Crippen LogP contribution in [-0.4, -0.2) is 26.0 Å². The van der Waals surface area contributed by atoms with Gasteiger partial charge in [-0.25, -0.2) is 8.42 Å². The zero-order valence-corrected chi connectivity index (χ0v) is 6.47. The number of nitrogens with two attached hydrogens (primary N) is 1. The zero-order valence-electron chi connectivity index (χ0n) is 5.66. The van der Waals surface area contributed by atoms with E-state index in [1.807, 2.05) is 0 Å². The molecule has 0 aromatic carbocycles. The fourth-order valence-corrected chi connectivity index (χ4v) is 3.66. The molecule has 1 aliphatic carbocycles. The summed E-state index contributed by atoms with van der Waals surface area (Å²) in [4.78, 5) is 0. The van der Waals surface area contributed by atoms with Crippen LogP contribution in [0.15, 0.2) is 0 Å². The van der Waals surface area contributed by atoms with Gasteiger partial charge in [0.05, 0.1) is 11.5 Å². The Morgan fingerprint density at radius 1 is 1.30 bits per heavy atom. The van der Waals surface area contributed by atoms with Crippen molar-refractivity contribution in [2.24, 2.45) is 17.6 Å². The molecule has 2 N–H and O–H groups in total. The summed E-state index contributed by atoms with van der Waals surface area (Å²) in [6, 6.07) is 0.192. The normalized spacial score (nSPS) is 49.9. The summed E-state index contributed by atoms with van der Waals surface area (Å²) in [6.07, 6.45) is 0.800. The summed E-state index contributed by atoms with van der Waals surface area (Å²) in [5.41, 5.74) is 5.63. The number of hydrogen-bond donors (Lipinski definition) is 1. The van der Waals surface area contributed by atoms with E-state index < -0.39 is 9.84 Å². The summed E-state index contributed by atoms with van der Waals surface area (Å²) in [7, 11) is -2.70. The molecule has 0 radical (unpaired) electrons. The second-order valence-corrected chi connectivity index (χ2v) is 5.54. The lowest BCUT2D eigenvalue weighted by Gasteiger charge is -2.07. The van der Waals surface area contributed by atoms with Crippen molar-refractivity contribution in [1.29, 1.82) is 0 Å². The van der Waals surface area contributed by atoms with Crippen LogP contribution in [0.25, 0.3) is 0 Å². The number of hydrogen-bond acceptors (Lipinski definition) is 3. The SMILES string of the molecule is NC1C2CCS(=O)(=O)CC12. The molecule has 2 rings (SSSR count). The van der Waals surface area contributed by atoms with Gasteiger partial charge in [0.1, 0.15) is 0 Å². The molecule has 2 fully saturated rings. The van der Waals surface area contributed by atoms with E-state index in [-0.39, 0.29) is 6.04 Å². The third-order valence-electron chi connectivity index (χ3n) is 2.61. The third-order valence-corrected chi connectivity index (χ3v) is 4.36. The first kappa shape index (κ1) is 6.61. The van der Waals surface area contributed by atoms with Crippen LogP contribution in [0.5, 0.6) is 0 Å². The summed E-state index contributed by atoms with van der Waals surface area (Å²) >= 11 is 0. The van der Waals surface area contributed by atoms with Crippen LogP contribution in [0.1, 0.15) is 6.42 Å². The van der Waals surface area contributed by atoms with Crippen LogP contribution >= 0.6 is 0 Å². The van der Waals surface area contributed by atoms with Gasteiger partial charge in [0.15, 0.2) is 9.84 Å². The maximum absolute atomic E-state index is 11.0. The molecule has 0 bridgehead atoms. The molecule has 0 aromatic heterocycles. The van der Waals surface area contributed by atoms with E-state index >= 15 is 0 Å². The van der Waals surface area contributed by atoms with Gasteiger partial charge in [0.2, 0.25) is 0 Å². The van der Waals surface area contributed by atoms with Crippen molar-refractivity contribution in [2.75, 3.05) is 11.5 Å². The molecule has 0 amide bonds. The van der Waals surface area contributed by atoms with Crippen LogP contribution < -0.4 is 5.73 Å². The van der Waals surface area contributed by atoms with Crippen molar-refractivity contribution < 1.29 is 8.42 Å². The molecule has 10 heavy (non-hydrogen) atoms. The van der Waals surface area contributed by atoms with Gasteiger partial charge in [-0.05, 0) is 18.3 Å². The van der Waals surface area contributed by atoms with Gasteiger partial charge in [0.25, 0.3) is 0 Å². The topological polar surface area (TPSA) is 60.2 Å². The lowest BCUT2D eigenvalue weighted by molar-refractivity contribution is 0.568. The fourth-order valence-electron chi connectivity index (χ4n) is 1.81. The molecule has 3 atom stereocenters. The molecule has 4 heteroatoms. The van der Waals surface area contributed by atoms with Crippen LogP contribution in [0, 0.1) is 11.8 Å². The molecular weight excluding hydrogens is 150 g/mol. The Morgan fingerprint density at radius 2 is 2.00 bits per heavy atom. The number of fused-ring (bicyclic) bond motifs is 1. The highest BCUT2D eigenvalue weighted by Crippen LogP contribution is 2.44. The summed E-state index contributed by atoms with van der Waals surface area (Å²) < 4.78 is 22.0. The third kappa shape index (κ3) is 0.864. The standard InChI is InChI=1S/C6H11NO2S/c7-6-4-1-2-10(8,9)3-5(4)6/h4-6H,1-3,7H2. The molecular formula is C6H11NO2S. The Labute approximate surface area is 60.5 Å². The van der Waals surface area contributed by atoms with E-state index in [2.05, 4.69) is 0 Å². The largest absolute Gasteiger partial charge is 0.327 e. The summed E-state index contributed by atoms with van der Waals surface area (Å²) in [6.45, 7) is 0. The van der Waals surface area contributed by atoms with E-state index in [0.717, 1.165) is 6.42 Å². The summed E-state index contributed by atoms with van der Waals surface area (Å²) in [5.74, 6) is 1.54. The molecule has 3 nitrogen and oxygen atoms in total. The van der Waals surface area contributed by atoms with Crippen molar-refractivity contribution in [3.05, 3.63) is 0 Å². The first-order valence-electron chi connectivity index (χ1n) is 3.56. The maximum atomic E-state index is 11.0. The van der Waals surface area contributed by atoms with Gasteiger partial charge in [-0.1, -0.05) is 0 Å². The maximum Gasteiger partial charge on any atom is 0.150 e. The Kier molecular flexibility index (Phi) is 1.15. The lowest BCUT2D eigenvalue weighted by Crippen LogP contribution is -2.18. The van der Waals surface area contributed by atoms with Crippen molar-refractivity contribution in [2.45, 2.75) is 12.5 Å². The highest BCUT2D eigenvalue weighted by molar-refractivity contribution is 7.91.